The molecule has 1 aromatic carbocycles. The fourth-order valence-electron chi connectivity index (χ4n) is 3.86. The van der Waals surface area contributed by atoms with Gasteiger partial charge in [0.05, 0.1) is 11.9 Å². The summed E-state index contributed by atoms with van der Waals surface area (Å²) in [6.45, 7) is 4.57. The zero-order chi connectivity index (χ0) is 19.3. The number of aromatic nitrogens is 3. The lowest BCUT2D eigenvalue weighted by Gasteiger charge is -2.34. The Bertz CT molecular complexity index is 1150. The summed E-state index contributed by atoms with van der Waals surface area (Å²) in [7, 11) is 0. The normalized spacial score (nSPS) is 19.4. The molecule has 0 bridgehead atoms. The van der Waals surface area contributed by atoms with Crippen molar-refractivity contribution in [1.29, 1.82) is 0 Å². The lowest BCUT2D eigenvalue weighted by Crippen LogP contribution is -2.50. The number of rotatable bonds is 3. The number of oxazole rings is 1. The Morgan fingerprint density at radius 1 is 1.29 bits per heavy atom. The Hall–Kier alpha value is -2.94. The third-order valence-electron chi connectivity index (χ3n) is 5.28. The molecule has 4 heterocycles. The van der Waals surface area contributed by atoms with Gasteiger partial charge in [0.25, 0.3) is 6.01 Å². The highest BCUT2D eigenvalue weighted by atomic mass is 16.4. The summed E-state index contributed by atoms with van der Waals surface area (Å²) in [5, 5.41) is 14.4. The largest absolute Gasteiger partial charge is 0.424 e. The van der Waals surface area contributed by atoms with Crippen molar-refractivity contribution in [1.82, 2.24) is 24.6 Å². The summed E-state index contributed by atoms with van der Waals surface area (Å²) in [5.74, 6) is 0. The van der Waals surface area contributed by atoms with Crippen molar-refractivity contribution in [2.75, 3.05) is 25.4 Å². The van der Waals surface area contributed by atoms with Crippen LogP contribution in [0.25, 0.3) is 27.9 Å². The maximum absolute atomic E-state index is 11.0. The molecule has 8 heteroatoms. The lowest BCUT2D eigenvalue weighted by atomic mass is 10.1. The molecular weight excluding hydrogens is 356 g/mol. The summed E-state index contributed by atoms with van der Waals surface area (Å²) < 4.78 is 7.30. The Kier molecular flexibility index (Phi) is 4.04. The molecule has 1 aliphatic rings. The van der Waals surface area contributed by atoms with Crippen LogP contribution in [0.5, 0.6) is 0 Å². The molecule has 0 aliphatic carbocycles. The summed E-state index contributed by atoms with van der Waals surface area (Å²) in [5.41, 5.74) is 10.6. The quantitative estimate of drug-likeness (QED) is 0.501. The third-order valence-corrected chi connectivity index (χ3v) is 5.28. The minimum Gasteiger partial charge on any atom is -0.424 e. The van der Waals surface area contributed by atoms with Gasteiger partial charge in [-0.05, 0) is 42.3 Å². The number of piperazine rings is 1. The molecular formula is C20H22N6O2. The number of aliphatic hydroxyl groups is 1. The summed E-state index contributed by atoms with van der Waals surface area (Å²) in [6.07, 6.45) is 3.04. The second kappa shape index (κ2) is 6.59. The number of nitrogen functional groups attached to an aromatic ring is 1. The average Bonchev–Trinajstić information content (AvgIpc) is 3.28. The van der Waals surface area contributed by atoms with Gasteiger partial charge in [-0.2, -0.15) is 4.98 Å². The van der Waals surface area contributed by atoms with E-state index in [1.807, 2.05) is 40.9 Å². The van der Waals surface area contributed by atoms with E-state index in [0.29, 0.717) is 11.6 Å². The van der Waals surface area contributed by atoms with Gasteiger partial charge in [-0.15, -0.1) is 0 Å². The number of nitrogens with one attached hydrogen (secondary N) is 1. The van der Waals surface area contributed by atoms with Crippen molar-refractivity contribution in [2.24, 2.45) is 0 Å². The van der Waals surface area contributed by atoms with Crippen LogP contribution in [0.15, 0.2) is 47.1 Å². The summed E-state index contributed by atoms with van der Waals surface area (Å²) in [4.78, 5) is 10.7. The third kappa shape index (κ3) is 2.91. The second-order valence-electron chi connectivity index (χ2n) is 7.29. The fraction of sp³-hybridized carbons (Fsp3) is 0.300. The highest BCUT2D eigenvalue weighted by molar-refractivity contribution is 5.81. The smallest absolute Gasteiger partial charge is 0.292 e. The van der Waals surface area contributed by atoms with Crippen molar-refractivity contribution in [2.45, 2.75) is 19.2 Å². The molecule has 1 fully saturated rings. The Balaban J connectivity index is 1.53. The van der Waals surface area contributed by atoms with Crippen LogP contribution >= 0.6 is 0 Å². The van der Waals surface area contributed by atoms with E-state index in [1.165, 1.54) is 0 Å². The molecule has 2 atom stereocenters. The molecule has 5 rings (SSSR count). The van der Waals surface area contributed by atoms with E-state index in [2.05, 4.69) is 27.1 Å². The molecule has 28 heavy (non-hydrogen) atoms. The first-order valence-electron chi connectivity index (χ1n) is 9.37. The molecule has 8 nitrogen and oxygen atoms in total. The van der Waals surface area contributed by atoms with Crippen LogP contribution in [0.4, 0.5) is 6.01 Å². The number of benzene rings is 1. The van der Waals surface area contributed by atoms with Gasteiger partial charge in [-0.1, -0.05) is 6.07 Å². The van der Waals surface area contributed by atoms with Crippen LogP contribution in [-0.4, -0.2) is 50.1 Å². The number of aliphatic hydroxyl groups excluding tert-OH is 1. The average molecular weight is 378 g/mol. The number of hydrogen-bond acceptors (Lipinski definition) is 7. The van der Waals surface area contributed by atoms with Crippen molar-refractivity contribution >= 4 is 22.8 Å². The zero-order valence-electron chi connectivity index (χ0n) is 15.5. The standard InChI is InChI=1S/C20H22N6O2/c1-12-10-25(7-6-22-12)19(27)16-9-23-18-5-3-14(11-26(16)18)13-2-4-17-15(8-13)24-20(21)28-17/h2-5,8-9,11-12,19,22,27H,6-7,10H2,1H3,(H2,21,24). The maximum Gasteiger partial charge on any atom is 0.292 e. The molecule has 2 unspecified atom stereocenters. The van der Waals surface area contributed by atoms with Crippen LogP contribution in [0.2, 0.25) is 0 Å². The topological polar surface area (TPSA) is 105 Å². The predicted octanol–water partition coefficient (Wildman–Crippen LogP) is 2.01. The van der Waals surface area contributed by atoms with E-state index in [9.17, 15) is 5.11 Å². The molecule has 3 aromatic heterocycles. The minimum atomic E-state index is -0.701. The van der Waals surface area contributed by atoms with Crippen LogP contribution in [-0.2, 0) is 0 Å². The number of pyridine rings is 1. The monoisotopic (exact) mass is 378 g/mol. The van der Waals surface area contributed by atoms with Gasteiger partial charge in [-0.3, -0.25) is 9.30 Å². The van der Waals surface area contributed by atoms with Crippen molar-refractivity contribution in [3.63, 3.8) is 0 Å². The number of fused-ring (bicyclic) bond motifs is 2. The summed E-state index contributed by atoms with van der Waals surface area (Å²) in [6, 6.07) is 10.3. The number of anilines is 1. The van der Waals surface area contributed by atoms with Crippen molar-refractivity contribution < 1.29 is 9.52 Å². The van der Waals surface area contributed by atoms with E-state index >= 15 is 0 Å². The van der Waals surface area contributed by atoms with Crippen molar-refractivity contribution in [3.05, 3.63) is 48.4 Å². The van der Waals surface area contributed by atoms with E-state index in [4.69, 9.17) is 10.2 Å². The summed E-state index contributed by atoms with van der Waals surface area (Å²) >= 11 is 0. The second-order valence-corrected chi connectivity index (χ2v) is 7.29. The number of nitrogens with zero attached hydrogens (tertiary/aromatic N) is 4. The molecule has 144 valence electrons. The van der Waals surface area contributed by atoms with E-state index in [0.717, 1.165) is 47.6 Å². The van der Waals surface area contributed by atoms with Gasteiger partial charge < -0.3 is 20.6 Å². The van der Waals surface area contributed by atoms with E-state index < -0.39 is 6.23 Å². The van der Waals surface area contributed by atoms with Crippen LogP contribution in [0.3, 0.4) is 0 Å². The van der Waals surface area contributed by atoms with Gasteiger partial charge in [-0.25, -0.2) is 4.98 Å². The van der Waals surface area contributed by atoms with Gasteiger partial charge in [0.1, 0.15) is 11.2 Å². The molecule has 1 saturated heterocycles. The van der Waals surface area contributed by atoms with Crippen LogP contribution in [0.1, 0.15) is 18.8 Å². The van der Waals surface area contributed by atoms with Crippen LogP contribution in [0, 0.1) is 0 Å². The zero-order valence-corrected chi connectivity index (χ0v) is 15.5. The Morgan fingerprint density at radius 3 is 3.00 bits per heavy atom. The lowest BCUT2D eigenvalue weighted by molar-refractivity contribution is -0.0173. The number of hydrogen-bond donors (Lipinski definition) is 3. The highest BCUT2D eigenvalue weighted by Gasteiger charge is 2.25. The maximum atomic E-state index is 11.0. The highest BCUT2D eigenvalue weighted by Crippen LogP contribution is 2.27. The fourth-order valence-corrected chi connectivity index (χ4v) is 3.86. The predicted molar refractivity (Wildman–Crippen MR) is 107 cm³/mol. The molecule has 0 saturated carbocycles. The molecule has 0 spiro atoms. The number of nitrogens with two attached hydrogens (primary N) is 1. The van der Waals surface area contributed by atoms with E-state index in [-0.39, 0.29) is 6.01 Å². The first-order valence-corrected chi connectivity index (χ1v) is 9.37. The van der Waals surface area contributed by atoms with Crippen LogP contribution < -0.4 is 11.1 Å². The Morgan fingerprint density at radius 2 is 2.14 bits per heavy atom. The SMILES string of the molecule is CC1CN(C(O)c2cnc3ccc(-c4ccc5oc(N)nc5c4)cn23)CCN1. The molecule has 1 aliphatic heterocycles. The van der Waals surface area contributed by atoms with Gasteiger partial charge in [0.15, 0.2) is 11.8 Å². The van der Waals surface area contributed by atoms with Gasteiger partial charge in [0.2, 0.25) is 0 Å². The molecule has 0 radical (unpaired) electrons. The molecule has 4 N–H and O–H groups in total. The first kappa shape index (κ1) is 17.2. The van der Waals surface area contributed by atoms with Gasteiger partial charge >= 0.3 is 0 Å². The minimum absolute atomic E-state index is 0.160. The molecule has 0 amide bonds. The van der Waals surface area contributed by atoms with E-state index in [1.54, 1.807) is 6.20 Å². The molecule has 4 aromatic rings. The van der Waals surface area contributed by atoms with Crippen molar-refractivity contribution in [3.8, 4) is 11.1 Å². The van der Waals surface area contributed by atoms with Gasteiger partial charge in [0, 0.05) is 31.9 Å². The Labute approximate surface area is 161 Å². The first-order chi connectivity index (χ1) is 13.6. The number of imidazole rings is 1.